The maximum atomic E-state index is 12.6. The SMILES string of the molecule is CN(C[C@H]1COCCO1)c1ccc(C(=O)O)cc1NC(=O)c1ccc(Br)cc1. The third-order valence-electron chi connectivity index (χ3n) is 4.37. The largest absolute Gasteiger partial charge is 0.478 e. The minimum absolute atomic E-state index is 0.0899. The number of amides is 1. The van der Waals surface area contributed by atoms with Crippen LogP contribution in [0.2, 0.25) is 0 Å². The summed E-state index contributed by atoms with van der Waals surface area (Å²) in [6.07, 6.45) is -0.0899. The Labute approximate surface area is 171 Å². The molecule has 148 valence electrons. The topological polar surface area (TPSA) is 88.1 Å². The van der Waals surface area contributed by atoms with Gasteiger partial charge in [-0.05, 0) is 42.5 Å². The number of hydrogen-bond acceptors (Lipinski definition) is 5. The molecule has 3 rings (SSSR count). The highest BCUT2D eigenvalue weighted by Crippen LogP contribution is 2.28. The number of rotatable bonds is 6. The summed E-state index contributed by atoms with van der Waals surface area (Å²) in [5, 5.41) is 12.1. The Morgan fingerprint density at radius 1 is 1.18 bits per heavy atom. The Morgan fingerprint density at radius 3 is 2.54 bits per heavy atom. The van der Waals surface area contributed by atoms with Gasteiger partial charge in [0.05, 0.1) is 42.9 Å². The van der Waals surface area contributed by atoms with Gasteiger partial charge < -0.3 is 24.8 Å². The normalized spacial score (nSPS) is 16.4. The first-order valence-electron chi connectivity index (χ1n) is 8.79. The second-order valence-electron chi connectivity index (χ2n) is 6.45. The molecule has 2 aromatic rings. The summed E-state index contributed by atoms with van der Waals surface area (Å²) < 4.78 is 12.0. The Morgan fingerprint density at radius 2 is 1.89 bits per heavy atom. The highest BCUT2D eigenvalue weighted by Gasteiger charge is 2.20. The van der Waals surface area contributed by atoms with Gasteiger partial charge >= 0.3 is 5.97 Å². The van der Waals surface area contributed by atoms with E-state index in [-0.39, 0.29) is 17.6 Å². The summed E-state index contributed by atoms with van der Waals surface area (Å²) in [7, 11) is 1.86. The van der Waals surface area contributed by atoms with Crippen LogP contribution in [0.3, 0.4) is 0 Å². The first kappa shape index (κ1) is 20.3. The van der Waals surface area contributed by atoms with Crippen molar-refractivity contribution in [1.29, 1.82) is 0 Å². The molecule has 1 aliphatic rings. The van der Waals surface area contributed by atoms with Crippen LogP contribution in [0.4, 0.5) is 11.4 Å². The molecule has 8 heteroatoms. The maximum Gasteiger partial charge on any atom is 0.335 e. The molecule has 0 bridgehead atoms. The Kier molecular flexibility index (Phi) is 6.66. The Bertz CT molecular complexity index is 850. The summed E-state index contributed by atoms with van der Waals surface area (Å²) >= 11 is 3.34. The third-order valence-corrected chi connectivity index (χ3v) is 4.90. The standard InChI is InChI=1S/C20H21BrN2O5/c1-23(11-16-12-27-8-9-28-16)18-7-4-14(20(25)26)10-17(18)22-19(24)13-2-5-15(21)6-3-13/h2-7,10,16H,8-9,11-12H2,1H3,(H,22,24)(H,25,26)/t16-/m0/s1. The lowest BCUT2D eigenvalue weighted by Gasteiger charge is -2.30. The number of anilines is 2. The van der Waals surface area contributed by atoms with Gasteiger partial charge in [-0.25, -0.2) is 4.79 Å². The molecule has 0 aliphatic carbocycles. The molecule has 2 aromatic carbocycles. The molecule has 0 spiro atoms. The molecule has 1 fully saturated rings. The molecule has 1 heterocycles. The van der Waals surface area contributed by atoms with Crippen LogP contribution in [-0.2, 0) is 9.47 Å². The van der Waals surface area contributed by atoms with Gasteiger partial charge in [0.15, 0.2) is 0 Å². The van der Waals surface area contributed by atoms with Crippen LogP contribution < -0.4 is 10.2 Å². The summed E-state index contributed by atoms with van der Waals surface area (Å²) in [5.74, 6) is -1.38. The first-order valence-corrected chi connectivity index (χ1v) is 9.58. The fourth-order valence-electron chi connectivity index (χ4n) is 2.94. The van der Waals surface area contributed by atoms with Crippen molar-refractivity contribution in [2.45, 2.75) is 6.10 Å². The van der Waals surface area contributed by atoms with Crippen LogP contribution >= 0.6 is 15.9 Å². The zero-order valence-electron chi connectivity index (χ0n) is 15.4. The van der Waals surface area contributed by atoms with Crippen LogP contribution in [0.1, 0.15) is 20.7 Å². The molecule has 1 saturated heterocycles. The van der Waals surface area contributed by atoms with Crippen LogP contribution in [0, 0.1) is 0 Å². The van der Waals surface area contributed by atoms with Crippen molar-refractivity contribution < 1.29 is 24.2 Å². The number of carbonyl (C=O) groups is 2. The van der Waals surface area contributed by atoms with Crippen molar-refractivity contribution >= 4 is 39.2 Å². The van der Waals surface area contributed by atoms with E-state index >= 15 is 0 Å². The zero-order valence-corrected chi connectivity index (χ0v) is 16.9. The number of likely N-dealkylation sites (N-methyl/N-ethyl adjacent to an activating group) is 1. The highest BCUT2D eigenvalue weighted by atomic mass is 79.9. The number of carboxylic acid groups (broad SMARTS) is 1. The fraction of sp³-hybridized carbons (Fsp3) is 0.300. The quantitative estimate of drug-likeness (QED) is 0.704. The average Bonchev–Trinajstić information content (AvgIpc) is 2.69. The molecular weight excluding hydrogens is 428 g/mol. The number of hydrogen-bond donors (Lipinski definition) is 2. The third kappa shape index (κ3) is 5.09. The number of carboxylic acids is 1. The molecule has 0 radical (unpaired) electrons. The predicted molar refractivity (Wildman–Crippen MR) is 109 cm³/mol. The van der Waals surface area contributed by atoms with Gasteiger partial charge in [0.25, 0.3) is 5.91 Å². The van der Waals surface area contributed by atoms with Crippen LogP contribution in [0.15, 0.2) is 46.9 Å². The van der Waals surface area contributed by atoms with Gasteiger partial charge in [-0.2, -0.15) is 0 Å². The van der Waals surface area contributed by atoms with Crippen molar-refractivity contribution in [3.63, 3.8) is 0 Å². The molecule has 0 unspecified atom stereocenters. The van der Waals surface area contributed by atoms with Crippen molar-refractivity contribution in [1.82, 2.24) is 0 Å². The van der Waals surface area contributed by atoms with Crippen molar-refractivity contribution in [2.24, 2.45) is 0 Å². The smallest absolute Gasteiger partial charge is 0.335 e. The van der Waals surface area contributed by atoms with Gasteiger partial charge in [0.1, 0.15) is 0 Å². The lowest BCUT2D eigenvalue weighted by atomic mass is 10.1. The average molecular weight is 449 g/mol. The Hall–Kier alpha value is -2.42. The van der Waals surface area contributed by atoms with Crippen LogP contribution in [-0.4, -0.2) is 56.5 Å². The van der Waals surface area contributed by atoms with Crippen molar-refractivity contribution in [3.05, 3.63) is 58.1 Å². The van der Waals surface area contributed by atoms with E-state index in [2.05, 4.69) is 21.2 Å². The first-order chi connectivity index (χ1) is 13.4. The van der Waals surface area contributed by atoms with Crippen LogP contribution in [0.25, 0.3) is 0 Å². The predicted octanol–water partition coefficient (Wildman–Crippen LogP) is 3.25. The summed E-state index contributed by atoms with van der Waals surface area (Å²) in [6.45, 7) is 2.18. The number of aromatic carboxylic acids is 1. The molecule has 1 atom stereocenters. The number of ether oxygens (including phenoxy) is 2. The van der Waals surface area contributed by atoms with Gasteiger partial charge in [-0.1, -0.05) is 15.9 Å². The number of halogens is 1. The summed E-state index contributed by atoms with van der Waals surface area (Å²) in [5.41, 5.74) is 1.69. The molecule has 2 N–H and O–H groups in total. The molecule has 1 amide bonds. The molecule has 28 heavy (non-hydrogen) atoms. The summed E-state index contributed by atoms with van der Waals surface area (Å²) in [4.78, 5) is 25.9. The monoisotopic (exact) mass is 448 g/mol. The van der Waals surface area contributed by atoms with E-state index in [4.69, 9.17) is 9.47 Å². The number of nitrogens with zero attached hydrogens (tertiary/aromatic N) is 1. The number of carbonyl (C=O) groups excluding carboxylic acids is 1. The van der Waals surface area contributed by atoms with E-state index in [0.29, 0.717) is 43.3 Å². The molecule has 0 aromatic heterocycles. The molecular formula is C20H21BrN2O5. The van der Waals surface area contributed by atoms with Crippen molar-refractivity contribution in [3.8, 4) is 0 Å². The van der Waals surface area contributed by atoms with E-state index in [1.54, 1.807) is 30.3 Å². The molecule has 0 saturated carbocycles. The number of nitrogens with one attached hydrogen (secondary N) is 1. The van der Waals surface area contributed by atoms with Gasteiger partial charge in [-0.3, -0.25) is 4.79 Å². The van der Waals surface area contributed by atoms with E-state index < -0.39 is 5.97 Å². The minimum atomic E-state index is -1.06. The van der Waals surface area contributed by atoms with E-state index in [9.17, 15) is 14.7 Å². The van der Waals surface area contributed by atoms with Crippen molar-refractivity contribution in [2.75, 3.05) is 43.6 Å². The lowest BCUT2D eigenvalue weighted by molar-refractivity contribution is -0.0837. The second-order valence-corrected chi connectivity index (χ2v) is 7.36. The van der Waals surface area contributed by atoms with E-state index in [0.717, 1.165) is 4.47 Å². The fourth-order valence-corrected chi connectivity index (χ4v) is 3.21. The lowest BCUT2D eigenvalue weighted by Crippen LogP contribution is -2.38. The van der Waals surface area contributed by atoms with Crippen LogP contribution in [0.5, 0.6) is 0 Å². The highest BCUT2D eigenvalue weighted by molar-refractivity contribution is 9.10. The van der Waals surface area contributed by atoms with E-state index in [1.807, 2.05) is 11.9 Å². The second kappa shape index (κ2) is 9.18. The summed E-state index contributed by atoms with van der Waals surface area (Å²) in [6, 6.07) is 11.6. The molecule has 7 nitrogen and oxygen atoms in total. The Balaban J connectivity index is 1.83. The molecule has 1 aliphatic heterocycles. The number of benzene rings is 2. The zero-order chi connectivity index (χ0) is 20.1. The van der Waals surface area contributed by atoms with Gasteiger partial charge in [0, 0.05) is 23.6 Å². The minimum Gasteiger partial charge on any atom is -0.478 e. The van der Waals surface area contributed by atoms with E-state index in [1.165, 1.54) is 12.1 Å². The van der Waals surface area contributed by atoms with Gasteiger partial charge in [0.2, 0.25) is 0 Å². The van der Waals surface area contributed by atoms with Gasteiger partial charge in [-0.15, -0.1) is 0 Å². The maximum absolute atomic E-state index is 12.6.